The van der Waals surface area contributed by atoms with Gasteiger partial charge >= 0.3 is 0 Å². The highest BCUT2D eigenvalue weighted by Crippen LogP contribution is 2.20. The third-order valence-electron chi connectivity index (χ3n) is 3.88. The summed E-state index contributed by atoms with van der Waals surface area (Å²) in [4.78, 5) is 24.6. The van der Waals surface area contributed by atoms with Crippen molar-refractivity contribution in [2.24, 2.45) is 0 Å². The molecule has 0 aliphatic rings. The van der Waals surface area contributed by atoms with Crippen molar-refractivity contribution in [3.05, 3.63) is 89.6 Å². The molecule has 0 fully saturated rings. The maximum Gasteiger partial charge on any atom is 0.267 e. The number of hydrogen-bond donors (Lipinski definition) is 2. The van der Waals surface area contributed by atoms with Crippen LogP contribution in [0.4, 0.5) is 0 Å². The zero-order valence-corrected chi connectivity index (χ0v) is 13.8. The number of likely N-dealkylation sites (N-methyl/N-ethyl adjacent to an activating group) is 1. The number of benzene rings is 3. The summed E-state index contributed by atoms with van der Waals surface area (Å²) in [5.74, 6) is -0.673. The van der Waals surface area contributed by atoms with Gasteiger partial charge in [-0.3, -0.25) is 9.59 Å². The molecule has 0 heterocycles. The van der Waals surface area contributed by atoms with Gasteiger partial charge < -0.3 is 10.6 Å². The largest absolute Gasteiger partial charge is 0.354 e. The summed E-state index contributed by atoms with van der Waals surface area (Å²) in [5.41, 5.74) is 1.56. The van der Waals surface area contributed by atoms with E-state index >= 15 is 0 Å². The first kappa shape index (κ1) is 16.5. The Balaban J connectivity index is 1.99. The second-order valence-corrected chi connectivity index (χ2v) is 5.53. The molecule has 0 unspecified atom stereocenters. The zero-order chi connectivity index (χ0) is 17.6. The van der Waals surface area contributed by atoms with Crippen molar-refractivity contribution >= 4 is 28.7 Å². The van der Waals surface area contributed by atoms with Crippen molar-refractivity contribution in [2.75, 3.05) is 7.05 Å². The molecule has 0 radical (unpaired) electrons. The molecule has 3 aromatic rings. The maximum atomic E-state index is 12.4. The van der Waals surface area contributed by atoms with Crippen molar-refractivity contribution in [3.8, 4) is 0 Å². The molecular formula is C21H18N2O2. The Hall–Kier alpha value is -3.40. The third kappa shape index (κ3) is 3.75. The van der Waals surface area contributed by atoms with Gasteiger partial charge in [-0.15, -0.1) is 0 Å². The van der Waals surface area contributed by atoms with Crippen LogP contribution in [0.1, 0.15) is 15.9 Å². The first-order valence-electron chi connectivity index (χ1n) is 7.97. The molecule has 0 aliphatic heterocycles. The van der Waals surface area contributed by atoms with E-state index in [1.807, 2.05) is 48.5 Å². The number of carbonyl (C=O) groups excluding carboxylic acids is 2. The molecule has 0 atom stereocenters. The van der Waals surface area contributed by atoms with Crippen LogP contribution in [-0.2, 0) is 4.79 Å². The van der Waals surface area contributed by atoms with Crippen molar-refractivity contribution in [1.29, 1.82) is 0 Å². The number of amides is 2. The van der Waals surface area contributed by atoms with E-state index in [0.717, 1.165) is 16.3 Å². The lowest BCUT2D eigenvalue weighted by Crippen LogP contribution is -2.33. The standard InChI is InChI=1S/C21H18N2O2/c1-22-21(25)19(23-20(24)16-9-3-2-4-10-16)14-17-12-7-11-15-8-5-6-13-18(15)17/h2-14H,1H3,(H,22,25)(H,23,24)/b19-14-. The number of fused-ring (bicyclic) bond motifs is 1. The summed E-state index contributed by atoms with van der Waals surface area (Å²) >= 11 is 0. The predicted molar refractivity (Wildman–Crippen MR) is 99.9 cm³/mol. The van der Waals surface area contributed by atoms with Crippen LogP contribution in [0.25, 0.3) is 16.8 Å². The highest BCUT2D eigenvalue weighted by Gasteiger charge is 2.13. The van der Waals surface area contributed by atoms with Crippen LogP contribution < -0.4 is 10.6 Å². The molecule has 0 spiro atoms. The molecule has 3 rings (SSSR count). The van der Waals surface area contributed by atoms with Gasteiger partial charge in [-0.25, -0.2) is 0 Å². The summed E-state index contributed by atoms with van der Waals surface area (Å²) in [5, 5.41) is 7.36. The quantitative estimate of drug-likeness (QED) is 0.721. The van der Waals surface area contributed by atoms with Gasteiger partial charge in [0, 0.05) is 12.6 Å². The van der Waals surface area contributed by atoms with E-state index in [-0.39, 0.29) is 17.5 Å². The van der Waals surface area contributed by atoms with E-state index in [0.29, 0.717) is 5.56 Å². The van der Waals surface area contributed by atoms with Crippen LogP contribution in [0.2, 0.25) is 0 Å². The van der Waals surface area contributed by atoms with Gasteiger partial charge in [-0.05, 0) is 34.5 Å². The Kier molecular flexibility index (Phi) is 4.90. The lowest BCUT2D eigenvalue weighted by molar-refractivity contribution is -0.117. The average Bonchev–Trinajstić information content (AvgIpc) is 2.67. The summed E-state index contributed by atoms with van der Waals surface area (Å²) in [6, 6.07) is 22.6. The first-order chi connectivity index (χ1) is 12.2. The smallest absolute Gasteiger partial charge is 0.267 e. The van der Waals surface area contributed by atoms with Crippen molar-refractivity contribution in [3.63, 3.8) is 0 Å². The minimum Gasteiger partial charge on any atom is -0.354 e. The lowest BCUT2D eigenvalue weighted by Gasteiger charge is -2.10. The SMILES string of the molecule is CNC(=O)/C(=C/c1cccc2ccccc12)NC(=O)c1ccccc1. The van der Waals surface area contributed by atoms with Gasteiger partial charge in [0.1, 0.15) is 5.70 Å². The lowest BCUT2D eigenvalue weighted by atomic mass is 10.0. The Labute approximate surface area is 146 Å². The van der Waals surface area contributed by atoms with Crippen LogP contribution in [0.3, 0.4) is 0 Å². The maximum absolute atomic E-state index is 12.4. The topological polar surface area (TPSA) is 58.2 Å². The summed E-state index contributed by atoms with van der Waals surface area (Å²) < 4.78 is 0. The first-order valence-corrected chi connectivity index (χ1v) is 7.97. The summed E-state index contributed by atoms with van der Waals surface area (Å²) in [6.07, 6.45) is 1.70. The van der Waals surface area contributed by atoms with E-state index < -0.39 is 0 Å². The Morgan fingerprint density at radius 1 is 0.840 bits per heavy atom. The summed E-state index contributed by atoms with van der Waals surface area (Å²) in [7, 11) is 1.54. The molecule has 4 nitrogen and oxygen atoms in total. The normalized spacial score (nSPS) is 11.2. The molecule has 0 bridgehead atoms. The second kappa shape index (κ2) is 7.45. The van der Waals surface area contributed by atoms with E-state index in [2.05, 4.69) is 10.6 Å². The third-order valence-corrected chi connectivity index (χ3v) is 3.88. The van der Waals surface area contributed by atoms with E-state index in [4.69, 9.17) is 0 Å². The summed E-state index contributed by atoms with van der Waals surface area (Å²) in [6.45, 7) is 0. The number of hydrogen-bond acceptors (Lipinski definition) is 2. The molecule has 2 N–H and O–H groups in total. The van der Waals surface area contributed by atoms with E-state index in [9.17, 15) is 9.59 Å². The van der Waals surface area contributed by atoms with Gasteiger partial charge in [0.15, 0.2) is 0 Å². The molecule has 0 aliphatic carbocycles. The van der Waals surface area contributed by atoms with E-state index in [1.54, 1.807) is 30.3 Å². The average molecular weight is 330 g/mol. The second-order valence-electron chi connectivity index (χ2n) is 5.53. The molecule has 124 valence electrons. The Bertz CT molecular complexity index is 941. The van der Waals surface area contributed by atoms with Crippen molar-refractivity contribution in [1.82, 2.24) is 10.6 Å². The molecular weight excluding hydrogens is 312 g/mol. The predicted octanol–water partition coefficient (Wildman–Crippen LogP) is 3.36. The fourth-order valence-electron chi connectivity index (χ4n) is 2.61. The van der Waals surface area contributed by atoms with Crippen LogP contribution in [0, 0.1) is 0 Å². The van der Waals surface area contributed by atoms with Crippen molar-refractivity contribution in [2.45, 2.75) is 0 Å². The van der Waals surface area contributed by atoms with Crippen molar-refractivity contribution < 1.29 is 9.59 Å². The molecule has 2 amide bonds. The van der Waals surface area contributed by atoms with E-state index in [1.165, 1.54) is 7.05 Å². The molecule has 25 heavy (non-hydrogen) atoms. The van der Waals surface area contributed by atoms with Gasteiger partial charge in [0.2, 0.25) is 0 Å². The number of carbonyl (C=O) groups is 2. The van der Waals surface area contributed by atoms with Crippen LogP contribution in [0.15, 0.2) is 78.5 Å². The minimum absolute atomic E-state index is 0.202. The minimum atomic E-state index is -0.350. The Morgan fingerprint density at radius 3 is 2.28 bits per heavy atom. The molecule has 3 aromatic carbocycles. The number of nitrogens with one attached hydrogen (secondary N) is 2. The van der Waals surface area contributed by atoms with Gasteiger partial charge in [0.05, 0.1) is 0 Å². The van der Waals surface area contributed by atoms with Gasteiger partial charge in [-0.1, -0.05) is 60.7 Å². The monoisotopic (exact) mass is 330 g/mol. The molecule has 0 saturated carbocycles. The van der Waals surface area contributed by atoms with Crippen LogP contribution in [-0.4, -0.2) is 18.9 Å². The highest BCUT2D eigenvalue weighted by molar-refractivity contribution is 6.06. The van der Waals surface area contributed by atoms with Crippen LogP contribution >= 0.6 is 0 Å². The molecule has 0 saturated heterocycles. The van der Waals surface area contributed by atoms with Gasteiger partial charge in [-0.2, -0.15) is 0 Å². The fourth-order valence-corrected chi connectivity index (χ4v) is 2.61. The fraction of sp³-hybridized carbons (Fsp3) is 0.0476. The number of rotatable bonds is 4. The van der Waals surface area contributed by atoms with Gasteiger partial charge in [0.25, 0.3) is 11.8 Å². The highest BCUT2D eigenvalue weighted by atomic mass is 16.2. The molecule has 0 aromatic heterocycles. The molecule has 4 heteroatoms. The zero-order valence-electron chi connectivity index (χ0n) is 13.8. The Morgan fingerprint density at radius 2 is 1.52 bits per heavy atom. The van der Waals surface area contributed by atoms with Crippen LogP contribution in [0.5, 0.6) is 0 Å².